The largest absolute Gasteiger partial charge is 0.375 e. The molecule has 0 aliphatic carbocycles. The van der Waals surface area contributed by atoms with Crippen LogP contribution >= 0.6 is 0 Å². The highest BCUT2D eigenvalue weighted by Gasteiger charge is 1.97. The van der Waals surface area contributed by atoms with E-state index in [1.807, 2.05) is 18.2 Å². The normalized spacial score (nSPS) is 10.6. The van der Waals surface area contributed by atoms with Gasteiger partial charge in [0.25, 0.3) is 0 Å². The number of aromatic nitrogens is 1. The summed E-state index contributed by atoms with van der Waals surface area (Å²) in [6.07, 6.45) is 6.11. The van der Waals surface area contributed by atoms with Gasteiger partial charge in [-0.15, -0.1) is 0 Å². The minimum atomic E-state index is 0.619. The lowest BCUT2D eigenvalue weighted by atomic mass is 10.2. The SMILES string of the molecule is CCCCCCOCc1cccc(NCCC)n1. The fourth-order valence-electron chi connectivity index (χ4n) is 1.72. The summed E-state index contributed by atoms with van der Waals surface area (Å²) < 4.78 is 5.64. The van der Waals surface area contributed by atoms with Crippen LogP contribution in [0.1, 0.15) is 51.6 Å². The topological polar surface area (TPSA) is 34.1 Å². The van der Waals surface area contributed by atoms with Crippen LogP contribution in [0.3, 0.4) is 0 Å². The molecule has 0 aliphatic heterocycles. The van der Waals surface area contributed by atoms with Gasteiger partial charge in [-0.3, -0.25) is 0 Å². The molecule has 1 aromatic rings. The zero-order chi connectivity index (χ0) is 13.1. The van der Waals surface area contributed by atoms with Gasteiger partial charge in [0.15, 0.2) is 0 Å². The van der Waals surface area contributed by atoms with E-state index in [4.69, 9.17) is 4.74 Å². The van der Waals surface area contributed by atoms with Crippen LogP contribution in [0.4, 0.5) is 5.82 Å². The molecule has 3 nitrogen and oxygen atoms in total. The van der Waals surface area contributed by atoms with E-state index in [1.165, 1.54) is 19.3 Å². The van der Waals surface area contributed by atoms with Gasteiger partial charge in [0.2, 0.25) is 0 Å². The third-order valence-electron chi connectivity index (χ3n) is 2.76. The first kappa shape index (κ1) is 15.0. The Balaban J connectivity index is 2.20. The zero-order valence-corrected chi connectivity index (χ0v) is 11.7. The van der Waals surface area contributed by atoms with E-state index in [0.717, 1.165) is 37.5 Å². The molecule has 0 spiro atoms. The Labute approximate surface area is 111 Å². The molecular weight excluding hydrogens is 224 g/mol. The van der Waals surface area contributed by atoms with E-state index in [1.54, 1.807) is 0 Å². The van der Waals surface area contributed by atoms with Crippen LogP contribution in [0.15, 0.2) is 18.2 Å². The fourth-order valence-corrected chi connectivity index (χ4v) is 1.72. The summed E-state index contributed by atoms with van der Waals surface area (Å²) in [5.74, 6) is 0.948. The number of rotatable bonds is 10. The van der Waals surface area contributed by atoms with Crippen LogP contribution in [-0.4, -0.2) is 18.1 Å². The smallest absolute Gasteiger partial charge is 0.126 e. The second kappa shape index (κ2) is 9.89. The highest BCUT2D eigenvalue weighted by Crippen LogP contribution is 2.07. The lowest BCUT2D eigenvalue weighted by Gasteiger charge is -2.07. The minimum absolute atomic E-state index is 0.619. The highest BCUT2D eigenvalue weighted by molar-refractivity contribution is 5.34. The summed E-state index contributed by atoms with van der Waals surface area (Å²) in [5.41, 5.74) is 1.01. The molecule has 0 amide bonds. The molecule has 0 saturated carbocycles. The first-order valence-electron chi connectivity index (χ1n) is 7.14. The molecule has 1 N–H and O–H groups in total. The quantitative estimate of drug-likeness (QED) is 0.637. The number of nitrogens with one attached hydrogen (secondary N) is 1. The van der Waals surface area contributed by atoms with Gasteiger partial charge in [0.1, 0.15) is 5.82 Å². The molecule has 1 rings (SSSR count). The Morgan fingerprint density at radius 3 is 2.78 bits per heavy atom. The lowest BCUT2D eigenvalue weighted by molar-refractivity contribution is 0.114. The number of anilines is 1. The first-order valence-corrected chi connectivity index (χ1v) is 7.14. The Kier molecular flexibility index (Phi) is 8.23. The number of hydrogen-bond acceptors (Lipinski definition) is 3. The Morgan fingerprint density at radius 2 is 2.00 bits per heavy atom. The molecule has 0 atom stereocenters. The molecule has 1 heterocycles. The summed E-state index contributed by atoms with van der Waals surface area (Å²) in [5, 5.41) is 3.29. The Hall–Kier alpha value is -1.09. The van der Waals surface area contributed by atoms with Gasteiger partial charge in [-0.2, -0.15) is 0 Å². The molecule has 0 radical (unpaired) electrons. The van der Waals surface area contributed by atoms with Crippen molar-refractivity contribution in [3.8, 4) is 0 Å². The molecular formula is C15H26N2O. The van der Waals surface area contributed by atoms with Crippen LogP contribution in [0.25, 0.3) is 0 Å². The van der Waals surface area contributed by atoms with Gasteiger partial charge in [-0.05, 0) is 25.0 Å². The van der Waals surface area contributed by atoms with Gasteiger partial charge in [-0.25, -0.2) is 4.98 Å². The highest BCUT2D eigenvalue weighted by atomic mass is 16.5. The van der Waals surface area contributed by atoms with Crippen molar-refractivity contribution >= 4 is 5.82 Å². The molecule has 0 aromatic carbocycles. The molecule has 0 saturated heterocycles. The van der Waals surface area contributed by atoms with Gasteiger partial charge >= 0.3 is 0 Å². The standard InChI is InChI=1S/C15H26N2O/c1-3-5-6-7-12-18-13-14-9-8-10-15(17-14)16-11-4-2/h8-10H,3-7,11-13H2,1-2H3,(H,16,17). The van der Waals surface area contributed by atoms with Crippen molar-refractivity contribution in [3.05, 3.63) is 23.9 Å². The van der Waals surface area contributed by atoms with E-state index in [-0.39, 0.29) is 0 Å². The summed E-state index contributed by atoms with van der Waals surface area (Å²) in [4.78, 5) is 4.51. The van der Waals surface area contributed by atoms with Crippen molar-refractivity contribution in [2.24, 2.45) is 0 Å². The van der Waals surface area contributed by atoms with Crippen LogP contribution in [0.5, 0.6) is 0 Å². The summed E-state index contributed by atoms with van der Waals surface area (Å²) in [6.45, 7) is 6.80. The van der Waals surface area contributed by atoms with E-state index in [9.17, 15) is 0 Å². The predicted octanol–water partition coefficient (Wildman–Crippen LogP) is 4.00. The number of unbranched alkanes of at least 4 members (excludes halogenated alkanes) is 3. The number of hydrogen-bond donors (Lipinski definition) is 1. The van der Waals surface area contributed by atoms with Crippen molar-refractivity contribution in [2.75, 3.05) is 18.5 Å². The van der Waals surface area contributed by atoms with Crippen LogP contribution in [-0.2, 0) is 11.3 Å². The van der Waals surface area contributed by atoms with Crippen LogP contribution < -0.4 is 5.32 Å². The summed E-state index contributed by atoms with van der Waals surface area (Å²) in [6, 6.07) is 6.05. The monoisotopic (exact) mass is 250 g/mol. The van der Waals surface area contributed by atoms with Crippen molar-refractivity contribution in [3.63, 3.8) is 0 Å². The van der Waals surface area contributed by atoms with E-state index >= 15 is 0 Å². The van der Waals surface area contributed by atoms with Gasteiger partial charge in [0, 0.05) is 13.2 Å². The van der Waals surface area contributed by atoms with Crippen molar-refractivity contribution in [1.82, 2.24) is 4.98 Å². The van der Waals surface area contributed by atoms with Gasteiger partial charge in [-0.1, -0.05) is 39.2 Å². The van der Waals surface area contributed by atoms with Crippen LogP contribution in [0, 0.1) is 0 Å². The summed E-state index contributed by atoms with van der Waals surface area (Å²) >= 11 is 0. The zero-order valence-electron chi connectivity index (χ0n) is 11.7. The van der Waals surface area contributed by atoms with Gasteiger partial charge < -0.3 is 10.1 Å². The van der Waals surface area contributed by atoms with Crippen molar-refractivity contribution < 1.29 is 4.74 Å². The first-order chi connectivity index (χ1) is 8.86. The molecule has 1 aromatic heterocycles. The number of ether oxygens (including phenoxy) is 1. The molecule has 0 fully saturated rings. The Bertz CT molecular complexity index is 315. The lowest BCUT2D eigenvalue weighted by Crippen LogP contribution is -2.04. The third-order valence-corrected chi connectivity index (χ3v) is 2.76. The average Bonchev–Trinajstić information content (AvgIpc) is 2.41. The second-order valence-corrected chi connectivity index (χ2v) is 4.55. The average molecular weight is 250 g/mol. The molecule has 102 valence electrons. The number of nitrogens with zero attached hydrogens (tertiary/aromatic N) is 1. The molecule has 0 unspecified atom stereocenters. The maximum atomic E-state index is 5.64. The molecule has 18 heavy (non-hydrogen) atoms. The van der Waals surface area contributed by atoms with E-state index in [0.29, 0.717) is 6.61 Å². The van der Waals surface area contributed by atoms with Crippen molar-refractivity contribution in [1.29, 1.82) is 0 Å². The third kappa shape index (κ3) is 6.60. The Morgan fingerprint density at radius 1 is 1.11 bits per heavy atom. The second-order valence-electron chi connectivity index (χ2n) is 4.55. The molecule has 0 aliphatic rings. The maximum Gasteiger partial charge on any atom is 0.126 e. The predicted molar refractivity (Wildman–Crippen MR) is 76.8 cm³/mol. The van der Waals surface area contributed by atoms with Gasteiger partial charge in [0.05, 0.1) is 12.3 Å². The minimum Gasteiger partial charge on any atom is -0.375 e. The van der Waals surface area contributed by atoms with Crippen molar-refractivity contribution in [2.45, 2.75) is 52.6 Å². The maximum absolute atomic E-state index is 5.64. The van der Waals surface area contributed by atoms with E-state index < -0.39 is 0 Å². The molecule has 0 bridgehead atoms. The summed E-state index contributed by atoms with van der Waals surface area (Å²) in [7, 11) is 0. The molecule has 3 heteroatoms. The van der Waals surface area contributed by atoms with Crippen LogP contribution in [0.2, 0.25) is 0 Å². The van der Waals surface area contributed by atoms with E-state index in [2.05, 4.69) is 24.1 Å². The number of pyridine rings is 1. The fraction of sp³-hybridized carbons (Fsp3) is 0.667.